The highest BCUT2D eigenvalue weighted by Gasteiger charge is 2.35. The van der Waals surface area contributed by atoms with E-state index in [1.807, 2.05) is 46.8 Å². The zero-order valence-electron chi connectivity index (χ0n) is 15.9. The molecule has 0 unspecified atom stereocenters. The van der Waals surface area contributed by atoms with Gasteiger partial charge in [0.15, 0.2) is 0 Å². The zero-order chi connectivity index (χ0) is 19.5. The van der Waals surface area contributed by atoms with E-state index in [4.69, 9.17) is 0 Å². The second kappa shape index (κ2) is 7.68. The van der Waals surface area contributed by atoms with Crippen LogP contribution in [0.5, 0.6) is 0 Å². The molecular weight excluding hydrogens is 331 g/mol. The average Bonchev–Trinajstić information content (AvgIpc) is 2.58. The maximum Gasteiger partial charge on any atom is 0.272 e. The van der Waals surface area contributed by atoms with E-state index in [0.29, 0.717) is 17.7 Å². The fourth-order valence-electron chi connectivity index (χ4n) is 2.71. The smallest absolute Gasteiger partial charge is 0.267 e. The molecule has 0 spiro atoms. The Morgan fingerprint density at radius 2 is 1.35 bits per heavy atom. The molecule has 2 aromatic rings. The molecule has 2 amide bonds. The van der Waals surface area contributed by atoms with Crippen LogP contribution in [-0.2, 0) is 0 Å². The molecule has 0 aromatic heterocycles. The molecule has 4 nitrogen and oxygen atoms in total. The fraction of sp³-hybridized carbons (Fsp3) is 0.333. The third-order valence-electron chi connectivity index (χ3n) is 3.99. The van der Waals surface area contributed by atoms with Gasteiger partial charge >= 0.3 is 0 Å². The van der Waals surface area contributed by atoms with Crippen molar-refractivity contribution in [3.63, 3.8) is 0 Å². The van der Waals surface area contributed by atoms with Crippen LogP contribution in [0.25, 0.3) is 0 Å². The van der Waals surface area contributed by atoms with Crippen molar-refractivity contribution in [3.8, 4) is 0 Å². The molecule has 2 rings (SSSR count). The molecule has 0 aliphatic heterocycles. The van der Waals surface area contributed by atoms with Crippen molar-refractivity contribution in [2.24, 2.45) is 0 Å². The van der Waals surface area contributed by atoms with Crippen molar-refractivity contribution in [1.29, 1.82) is 0 Å². The second-order valence-corrected chi connectivity index (χ2v) is 7.18. The lowest BCUT2D eigenvalue weighted by molar-refractivity contribution is -0.0410. The summed E-state index contributed by atoms with van der Waals surface area (Å²) in [6.07, 6.45) is 0. The van der Waals surface area contributed by atoms with Crippen LogP contribution in [-0.4, -0.2) is 33.9 Å². The number of aryl methyl sites for hydroxylation is 1. The van der Waals surface area contributed by atoms with Crippen LogP contribution in [0.2, 0.25) is 0 Å². The number of benzene rings is 2. The standard InChI is InChI=1S/C21H25FN2O2/c1-6-23(19(25)16-9-7-15(2)8-10-16)24(21(3,4)5)20(26)17-11-13-18(22)14-12-17/h7-14H,6H2,1-5H3. The summed E-state index contributed by atoms with van der Waals surface area (Å²) in [5.74, 6) is -1.01. The van der Waals surface area contributed by atoms with Crippen LogP contribution in [0, 0.1) is 12.7 Å². The second-order valence-electron chi connectivity index (χ2n) is 7.18. The summed E-state index contributed by atoms with van der Waals surface area (Å²) >= 11 is 0. The van der Waals surface area contributed by atoms with Gasteiger partial charge in [-0.25, -0.2) is 14.4 Å². The summed E-state index contributed by atoms with van der Waals surface area (Å²) in [6.45, 7) is 9.68. The maximum atomic E-state index is 13.2. The number of rotatable bonds is 3. The van der Waals surface area contributed by atoms with Crippen molar-refractivity contribution in [3.05, 3.63) is 71.0 Å². The molecule has 0 saturated heterocycles. The maximum absolute atomic E-state index is 13.2. The first-order valence-corrected chi connectivity index (χ1v) is 8.63. The summed E-state index contributed by atoms with van der Waals surface area (Å²) in [6, 6.07) is 12.6. The molecule has 0 N–H and O–H groups in total. The molecule has 5 heteroatoms. The van der Waals surface area contributed by atoms with Gasteiger partial charge in [0, 0.05) is 17.7 Å². The lowest BCUT2D eigenvalue weighted by Crippen LogP contribution is -2.58. The van der Waals surface area contributed by atoms with E-state index >= 15 is 0 Å². The molecule has 0 aliphatic rings. The summed E-state index contributed by atoms with van der Waals surface area (Å²) in [5.41, 5.74) is 1.26. The third kappa shape index (κ3) is 4.28. The summed E-state index contributed by atoms with van der Waals surface area (Å²) in [5, 5.41) is 2.89. The van der Waals surface area contributed by atoms with Crippen molar-refractivity contribution < 1.29 is 14.0 Å². The quantitative estimate of drug-likeness (QED) is 0.762. The molecule has 0 bridgehead atoms. The fourth-order valence-corrected chi connectivity index (χ4v) is 2.71. The van der Waals surface area contributed by atoms with Gasteiger partial charge in [-0.3, -0.25) is 9.59 Å². The summed E-state index contributed by atoms with van der Waals surface area (Å²) < 4.78 is 13.2. The first-order chi connectivity index (χ1) is 12.1. The highest BCUT2D eigenvalue weighted by Crippen LogP contribution is 2.22. The number of hydrazine groups is 1. The third-order valence-corrected chi connectivity index (χ3v) is 3.99. The van der Waals surface area contributed by atoms with E-state index < -0.39 is 11.4 Å². The molecule has 0 fully saturated rings. The zero-order valence-corrected chi connectivity index (χ0v) is 15.9. The Bertz CT molecular complexity index is 777. The van der Waals surface area contributed by atoms with Crippen LogP contribution in [0.4, 0.5) is 4.39 Å². The molecule has 26 heavy (non-hydrogen) atoms. The Labute approximate surface area is 154 Å². The monoisotopic (exact) mass is 356 g/mol. The lowest BCUT2D eigenvalue weighted by Gasteiger charge is -2.43. The van der Waals surface area contributed by atoms with Crippen LogP contribution in [0.3, 0.4) is 0 Å². The van der Waals surface area contributed by atoms with Crippen molar-refractivity contribution in [2.45, 2.75) is 40.2 Å². The van der Waals surface area contributed by atoms with Gasteiger partial charge in [-0.15, -0.1) is 0 Å². The van der Waals surface area contributed by atoms with Gasteiger partial charge in [0.1, 0.15) is 5.82 Å². The molecule has 138 valence electrons. The number of carbonyl (C=O) groups is 2. The molecular formula is C21H25FN2O2. The Morgan fingerprint density at radius 3 is 1.81 bits per heavy atom. The topological polar surface area (TPSA) is 40.6 Å². The largest absolute Gasteiger partial charge is 0.272 e. The number of hydrogen-bond donors (Lipinski definition) is 0. The first kappa shape index (κ1) is 19.6. The van der Waals surface area contributed by atoms with E-state index in [1.54, 1.807) is 12.1 Å². The highest BCUT2D eigenvalue weighted by molar-refractivity contribution is 5.99. The Hall–Kier alpha value is -2.69. The Kier molecular flexibility index (Phi) is 5.80. The predicted octanol–water partition coefficient (Wildman–Crippen LogP) is 4.45. The van der Waals surface area contributed by atoms with Crippen LogP contribution in [0.1, 0.15) is 54.0 Å². The first-order valence-electron chi connectivity index (χ1n) is 8.63. The minimum atomic E-state index is -0.637. The van der Waals surface area contributed by atoms with E-state index in [-0.39, 0.29) is 11.8 Å². The number of hydrogen-bond acceptors (Lipinski definition) is 2. The van der Waals surface area contributed by atoms with Gasteiger partial charge in [0.05, 0.1) is 5.54 Å². The molecule has 0 atom stereocenters. The van der Waals surface area contributed by atoms with Crippen molar-refractivity contribution in [2.75, 3.05) is 6.54 Å². The van der Waals surface area contributed by atoms with E-state index in [0.717, 1.165) is 5.56 Å². The number of carbonyl (C=O) groups excluding carboxylic acids is 2. The van der Waals surface area contributed by atoms with Gasteiger partial charge < -0.3 is 0 Å². The summed E-state index contributed by atoms with van der Waals surface area (Å²) in [7, 11) is 0. The molecule has 0 radical (unpaired) electrons. The van der Waals surface area contributed by atoms with E-state index in [2.05, 4.69) is 0 Å². The average molecular weight is 356 g/mol. The van der Waals surface area contributed by atoms with Crippen LogP contribution < -0.4 is 0 Å². The number of halogens is 1. The molecule has 0 saturated carbocycles. The van der Waals surface area contributed by atoms with E-state index in [9.17, 15) is 14.0 Å². The van der Waals surface area contributed by atoms with Crippen LogP contribution in [0.15, 0.2) is 48.5 Å². The normalized spacial score (nSPS) is 11.2. The van der Waals surface area contributed by atoms with E-state index in [1.165, 1.54) is 34.3 Å². The van der Waals surface area contributed by atoms with Crippen molar-refractivity contribution in [1.82, 2.24) is 10.0 Å². The van der Waals surface area contributed by atoms with Crippen molar-refractivity contribution >= 4 is 11.8 Å². The highest BCUT2D eigenvalue weighted by atomic mass is 19.1. The van der Waals surface area contributed by atoms with Gasteiger partial charge in [-0.05, 0) is 71.0 Å². The Morgan fingerprint density at radius 1 is 0.885 bits per heavy atom. The van der Waals surface area contributed by atoms with Gasteiger partial charge in [0.2, 0.25) is 0 Å². The van der Waals surface area contributed by atoms with Crippen LogP contribution >= 0.6 is 0 Å². The molecule has 0 heterocycles. The summed E-state index contributed by atoms with van der Waals surface area (Å²) in [4.78, 5) is 26.1. The van der Waals surface area contributed by atoms with Gasteiger partial charge in [-0.1, -0.05) is 17.7 Å². The number of nitrogens with zero attached hydrogens (tertiary/aromatic N) is 2. The molecule has 2 aromatic carbocycles. The lowest BCUT2D eigenvalue weighted by atomic mass is 10.1. The van der Waals surface area contributed by atoms with Gasteiger partial charge in [-0.2, -0.15) is 0 Å². The molecule has 0 aliphatic carbocycles. The Balaban J connectivity index is 2.43. The predicted molar refractivity (Wildman–Crippen MR) is 100 cm³/mol. The minimum absolute atomic E-state index is 0.252. The SMILES string of the molecule is CCN(C(=O)c1ccc(C)cc1)N(C(=O)c1ccc(F)cc1)C(C)(C)C. The van der Waals surface area contributed by atoms with Gasteiger partial charge in [0.25, 0.3) is 11.8 Å². The number of amides is 2. The minimum Gasteiger partial charge on any atom is -0.267 e.